The first-order valence-corrected chi connectivity index (χ1v) is 10.5. The number of para-hydroxylation sites is 1. The summed E-state index contributed by atoms with van der Waals surface area (Å²) in [6, 6.07) is 16.5. The number of aromatic nitrogens is 5. The smallest absolute Gasteiger partial charge is 0.278 e. The highest BCUT2D eigenvalue weighted by Gasteiger charge is 2.22. The van der Waals surface area contributed by atoms with Crippen LogP contribution < -0.4 is 5.32 Å². The third kappa shape index (κ3) is 4.50. The summed E-state index contributed by atoms with van der Waals surface area (Å²) in [5, 5.41) is 12.5. The number of hydrogen-bond acceptors (Lipinski definition) is 6. The van der Waals surface area contributed by atoms with Gasteiger partial charge in [-0.2, -0.15) is 0 Å². The Kier molecular flexibility index (Phi) is 6.06. The Morgan fingerprint density at radius 1 is 1.07 bits per heavy atom. The van der Waals surface area contributed by atoms with Gasteiger partial charge in [0, 0.05) is 28.9 Å². The molecular formula is C21H17ClN6OS. The molecule has 0 radical (unpaired) electrons. The first-order valence-electron chi connectivity index (χ1n) is 9.09. The number of thioether (sulfide) groups is 1. The van der Waals surface area contributed by atoms with Gasteiger partial charge >= 0.3 is 0 Å². The van der Waals surface area contributed by atoms with Crippen LogP contribution in [0, 0.1) is 6.92 Å². The van der Waals surface area contributed by atoms with Crippen LogP contribution in [0.3, 0.4) is 0 Å². The molecule has 2 heterocycles. The Morgan fingerprint density at radius 3 is 2.53 bits per heavy atom. The van der Waals surface area contributed by atoms with E-state index in [0.717, 1.165) is 16.9 Å². The van der Waals surface area contributed by atoms with Crippen LogP contribution in [0.25, 0.3) is 5.69 Å². The Balaban J connectivity index is 1.67. The quantitative estimate of drug-likeness (QED) is 0.352. The van der Waals surface area contributed by atoms with E-state index in [0.29, 0.717) is 21.6 Å². The zero-order chi connectivity index (χ0) is 20.9. The third-order valence-corrected chi connectivity index (χ3v) is 5.46. The second-order valence-corrected chi connectivity index (χ2v) is 7.74. The highest BCUT2D eigenvalue weighted by molar-refractivity contribution is 7.98. The Morgan fingerprint density at radius 2 is 1.80 bits per heavy atom. The fourth-order valence-electron chi connectivity index (χ4n) is 2.78. The maximum atomic E-state index is 13.0. The van der Waals surface area contributed by atoms with Crippen LogP contribution in [0.1, 0.15) is 21.7 Å². The average molecular weight is 437 g/mol. The fourth-order valence-corrected chi connectivity index (χ4v) is 3.71. The SMILES string of the molecule is Cc1ccccc1NC(=O)c1nnn(-c2ccc(Cl)cc2)c1CSc1ncccn1. The molecule has 1 amide bonds. The van der Waals surface area contributed by atoms with Crippen LogP contribution in [0.15, 0.2) is 72.1 Å². The third-order valence-electron chi connectivity index (χ3n) is 4.32. The maximum Gasteiger partial charge on any atom is 0.278 e. The van der Waals surface area contributed by atoms with E-state index >= 15 is 0 Å². The molecule has 2 aromatic heterocycles. The number of anilines is 1. The molecule has 0 saturated heterocycles. The van der Waals surface area contributed by atoms with Crippen LogP contribution in [0.5, 0.6) is 0 Å². The van der Waals surface area contributed by atoms with Gasteiger partial charge in [0.05, 0.1) is 11.4 Å². The summed E-state index contributed by atoms with van der Waals surface area (Å²) in [7, 11) is 0. The number of benzene rings is 2. The second kappa shape index (κ2) is 9.06. The van der Waals surface area contributed by atoms with Crippen molar-refractivity contribution < 1.29 is 4.79 Å². The Labute approximate surface area is 182 Å². The summed E-state index contributed by atoms with van der Waals surface area (Å²) in [6.07, 6.45) is 3.35. The van der Waals surface area contributed by atoms with Gasteiger partial charge in [0.25, 0.3) is 5.91 Å². The molecule has 0 aliphatic rings. The maximum absolute atomic E-state index is 13.0. The summed E-state index contributed by atoms with van der Waals surface area (Å²) >= 11 is 7.41. The van der Waals surface area contributed by atoms with Crippen molar-refractivity contribution in [3.8, 4) is 5.69 Å². The van der Waals surface area contributed by atoms with Gasteiger partial charge in [-0.25, -0.2) is 14.6 Å². The number of halogens is 1. The van der Waals surface area contributed by atoms with Gasteiger partial charge in [-0.05, 0) is 48.9 Å². The molecular weight excluding hydrogens is 420 g/mol. The van der Waals surface area contributed by atoms with E-state index in [1.165, 1.54) is 11.8 Å². The van der Waals surface area contributed by atoms with Crippen molar-refractivity contribution in [3.63, 3.8) is 0 Å². The lowest BCUT2D eigenvalue weighted by atomic mass is 10.2. The van der Waals surface area contributed by atoms with Crippen molar-refractivity contribution in [2.45, 2.75) is 17.8 Å². The van der Waals surface area contributed by atoms with E-state index in [4.69, 9.17) is 11.6 Å². The fraction of sp³-hybridized carbons (Fsp3) is 0.0952. The molecule has 0 fully saturated rings. The molecule has 7 nitrogen and oxygen atoms in total. The van der Waals surface area contributed by atoms with E-state index < -0.39 is 0 Å². The molecule has 150 valence electrons. The largest absolute Gasteiger partial charge is 0.320 e. The number of hydrogen-bond donors (Lipinski definition) is 1. The lowest BCUT2D eigenvalue weighted by Gasteiger charge is -2.09. The number of carbonyl (C=O) groups excluding carboxylic acids is 1. The number of carbonyl (C=O) groups is 1. The Bertz CT molecular complexity index is 1160. The van der Waals surface area contributed by atoms with Gasteiger partial charge in [0.1, 0.15) is 0 Å². The molecule has 0 aliphatic carbocycles. The van der Waals surface area contributed by atoms with Crippen LogP contribution in [0.4, 0.5) is 5.69 Å². The molecule has 0 unspecified atom stereocenters. The predicted molar refractivity (Wildman–Crippen MR) is 117 cm³/mol. The standard InChI is InChI=1S/C21H17ClN6OS/c1-14-5-2-3-6-17(14)25-20(29)19-18(13-30-21-23-11-4-12-24-21)28(27-26-19)16-9-7-15(22)8-10-16/h2-12H,13H2,1H3,(H,25,29). The highest BCUT2D eigenvalue weighted by atomic mass is 35.5. The molecule has 30 heavy (non-hydrogen) atoms. The molecule has 4 rings (SSSR count). The molecule has 0 bridgehead atoms. The average Bonchev–Trinajstić information content (AvgIpc) is 3.19. The minimum Gasteiger partial charge on any atom is -0.320 e. The molecule has 0 spiro atoms. The lowest BCUT2D eigenvalue weighted by Crippen LogP contribution is -2.16. The number of rotatable bonds is 6. The number of aryl methyl sites for hydroxylation is 1. The Hall–Kier alpha value is -3.23. The van der Waals surface area contributed by atoms with Crippen molar-refractivity contribution >= 4 is 35.0 Å². The number of nitrogens with one attached hydrogen (secondary N) is 1. The molecule has 2 aromatic carbocycles. The first-order chi connectivity index (χ1) is 14.6. The van der Waals surface area contributed by atoms with Crippen molar-refractivity contribution in [3.05, 3.63) is 89.0 Å². The summed E-state index contributed by atoms with van der Waals surface area (Å²) in [4.78, 5) is 21.5. The molecule has 0 saturated carbocycles. The van der Waals surface area contributed by atoms with E-state index in [-0.39, 0.29) is 11.6 Å². The minimum absolute atomic E-state index is 0.247. The van der Waals surface area contributed by atoms with Gasteiger partial charge < -0.3 is 5.32 Å². The van der Waals surface area contributed by atoms with E-state index in [1.54, 1.807) is 35.3 Å². The molecule has 1 N–H and O–H groups in total. The minimum atomic E-state index is -0.325. The van der Waals surface area contributed by atoms with Crippen LogP contribution >= 0.6 is 23.4 Å². The summed E-state index contributed by atoms with van der Waals surface area (Å²) in [5.41, 5.74) is 3.34. The predicted octanol–water partition coefficient (Wildman–Crippen LogP) is 4.56. The lowest BCUT2D eigenvalue weighted by molar-refractivity contribution is 0.102. The van der Waals surface area contributed by atoms with E-state index in [2.05, 4.69) is 25.6 Å². The monoisotopic (exact) mass is 436 g/mol. The normalized spacial score (nSPS) is 10.7. The molecule has 0 aliphatic heterocycles. The van der Waals surface area contributed by atoms with Crippen LogP contribution in [-0.4, -0.2) is 30.9 Å². The number of nitrogens with zero attached hydrogens (tertiary/aromatic N) is 5. The first kappa shape index (κ1) is 20.1. The van der Waals surface area contributed by atoms with E-state index in [9.17, 15) is 4.79 Å². The molecule has 9 heteroatoms. The second-order valence-electron chi connectivity index (χ2n) is 6.36. The molecule has 4 aromatic rings. The van der Waals surface area contributed by atoms with Crippen LogP contribution in [-0.2, 0) is 5.75 Å². The summed E-state index contributed by atoms with van der Waals surface area (Å²) in [5.74, 6) is 0.0879. The molecule has 0 atom stereocenters. The van der Waals surface area contributed by atoms with Crippen molar-refractivity contribution in [1.29, 1.82) is 0 Å². The summed E-state index contributed by atoms with van der Waals surface area (Å²) in [6.45, 7) is 1.93. The van der Waals surface area contributed by atoms with E-state index in [1.807, 2.05) is 43.3 Å². The van der Waals surface area contributed by atoms with Gasteiger partial charge in [-0.1, -0.05) is 46.8 Å². The number of amides is 1. The van der Waals surface area contributed by atoms with Crippen molar-refractivity contribution in [2.75, 3.05) is 5.32 Å². The zero-order valence-corrected chi connectivity index (χ0v) is 17.6. The van der Waals surface area contributed by atoms with Gasteiger partial charge in [-0.15, -0.1) is 5.10 Å². The van der Waals surface area contributed by atoms with Crippen molar-refractivity contribution in [1.82, 2.24) is 25.0 Å². The van der Waals surface area contributed by atoms with Crippen molar-refractivity contribution in [2.24, 2.45) is 0 Å². The summed E-state index contributed by atoms with van der Waals surface area (Å²) < 4.78 is 1.64. The van der Waals surface area contributed by atoms with Crippen LogP contribution in [0.2, 0.25) is 5.02 Å². The van der Waals surface area contributed by atoms with Gasteiger partial charge in [0.15, 0.2) is 10.9 Å². The van der Waals surface area contributed by atoms with Gasteiger partial charge in [-0.3, -0.25) is 4.79 Å². The highest BCUT2D eigenvalue weighted by Crippen LogP contribution is 2.24. The topological polar surface area (TPSA) is 85.6 Å². The zero-order valence-electron chi connectivity index (χ0n) is 16.0. The van der Waals surface area contributed by atoms with Gasteiger partial charge in [0.2, 0.25) is 0 Å².